The van der Waals surface area contributed by atoms with Gasteiger partial charge in [0.2, 0.25) is 0 Å². The summed E-state index contributed by atoms with van der Waals surface area (Å²) in [5.41, 5.74) is 6.97. The fraction of sp³-hybridized carbons (Fsp3) is 0.533. The first-order valence-electron chi connectivity index (χ1n) is 6.94. The van der Waals surface area contributed by atoms with Gasteiger partial charge in [0.25, 0.3) is 5.91 Å². The lowest BCUT2D eigenvalue weighted by molar-refractivity contribution is 0.0680. The van der Waals surface area contributed by atoms with Crippen molar-refractivity contribution >= 4 is 11.6 Å². The quantitative estimate of drug-likeness (QED) is 0.852. The fourth-order valence-corrected chi connectivity index (χ4v) is 2.58. The summed E-state index contributed by atoms with van der Waals surface area (Å²) in [5.74, 6) is 1.14. The molecule has 0 spiro atoms. The van der Waals surface area contributed by atoms with Crippen LogP contribution in [0, 0.1) is 5.92 Å². The van der Waals surface area contributed by atoms with E-state index in [9.17, 15) is 4.79 Å². The molecule has 1 heterocycles. The Labute approximate surface area is 114 Å². The molecule has 1 fully saturated rings. The van der Waals surface area contributed by atoms with Crippen LogP contribution in [-0.2, 0) is 0 Å². The van der Waals surface area contributed by atoms with Crippen molar-refractivity contribution in [3.8, 4) is 5.75 Å². The number of nitrogen functional groups attached to an aromatic ring is 1. The number of amides is 1. The molecule has 4 heteroatoms. The highest BCUT2D eigenvalue weighted by Crippen LogP contribution is 2.28. The van der Waals surface area contributed by atoms with E-state index in [2.05, 4.69) is 6.92 Å². The van der Waals surface area contributed by atoms with Crippen LogP contribution in [0.25, 0.3) is 0 Å². The van der Waals surface area contributed by atoms with E-state index in [0.29, 0.717) is 29.5 Å². The van der Waals surface area contributed by atoms with E-state index >= 15 is 0 Å². The Hall–Kier alpha value is -1.71. The summed E-state index contributed by atoms with van der Waals surface area (Å²) in [4.78, 5) is 14.5. The Balaban J connectivity index is 2.27. The van der Waals surface area contributed by atoms with E-state index in [1.807, 2.05) is 17.9 Å². The van der Waals surface area contributed by atoms with Crippen LogP contribution in [0.2, 0.25) is 0 Å². The van der Waals surface area contributed by atoms with Gasteiger partial charge in [-0.25, -0.2) is 0 Å². The molecule has 19 heavy (non-hydrogen) atoms. The number of rotatable bonds is 3. The van der Waals surface area contributed by atoms with Gasteiger partial charge in [-0.15, -0.1) is 0 Å². The number of carbonyl (C=O) groups is 1. The van der Waals surface area contributed by atoms with Crippen LogP contribution in [0.4, 0.5) is 5.69 Å². The molecule has 1 unspecified atom stereocenters. The number of hydrogen-bond acceptors (Lipinski definition) is 3. The van der Waals surface area contributed by atoms with E-state index in [0.717, 1.165) is 19.5 Å². The molecule has 0 saturated carbocycles. The SMILES string of the molecule is CCOc1cccc(N)c1C(=O)N1CCCC(C)C1. The average Bonchev–Trinajstić information content (AvgIpc) is 2.39. The summed E-state index contributed by atoms with van der Waals surface area (Å²) >= 11 is 0. The van der Waals surface area contributed by atoms with Crippen LogP contribution >= 0.6 is 0 Å². The van der Waals surface area contributed by atoms with Gasteiger partial charge < -0.3 is 15.4 Å². The molecule has 0 radical (unpaired) electrons. The fourth-order valence-electron chi connectivity index (χ4n) is 2.58. The van der Waals surface area contributed by atoms with Gasteiger partial charge in [-0.3, -0.25) is 4.79 Å². The molecule has 1 aliphatic heterocycles. The maximum absolute atomic E-state index is 12.6. The maximum Gasteiger partial charge on any atom is 0.259 e. The monoisotopic (exact) mass is 262 g/mol. The zero-order valence-electron chi connectivity index (χ0n) is 11.7. The van der Waals surface area contributed by atoms with Gasteiger partial charge in [-0.2, -0.15) is 0 Å². The van der Waals surface area contributed by atoms with Crippen LogP contribution in [0.1, 0.15) is 37.0 Å². The summed E-state index contributed by atoms with van der Waals surface area (Å²) in [6, 6.07) is 5.37. The normalized spacial score (nSPS) is 19.3. The number of nitrogens with zero attached hydrogens (tertiary/aromatic N) is 1. The Kier molecular flexibility index (Phi) is 4.30. The van der Waals surface area contributed by atoms with Gasteiger partial charge in [-0.1, -0.05) is 13.0 Å². The lowest BCUT2D eigenvalue weighted by Gasteiger charge is -2.31. The first-order chi connectivity index (χ1) is 9.13. The van der Waals surface area contributed by atoms with Gasteiger partial charge in [0, 0.05) is 18.8 Å². The van der Waals surface area contributed by atoms with Crippen molar-refractivity contribution in [3.05, 3.63) is 23.8 Å². The minimum atomic E-state index is -0.00639. The molecule has 1 aromatic carbocycles. The number of anilines is 1. The zero-order chi connectivity index (χ0) is 13.8. The van der Waals surface area contributed by atoms with Crippen molar-refractivity contribution in [3.63, 3.8) is 0 Å². The van der Waals surface area contributed by atoms with Gasteiger partial charge in [0.1, 0.15) is 11.3 Å². The topological polar surface area (TPSA) is 55.6 Å². The van der Waals surface area contributed by atoms with Gasteiger partial charge in [0.05, 0.1) is 6.61 Å². The number of hydrogen-bond donors (Lipinski definition) is 1. The first-order valence-corrected chi connectivity index (χ1v) is 6.94. The average molecular weight is 262 g/mol. The predicted octanol–water partition coefficient (Wildman–Crippen LogP) is 2.54. The van der Waals surface area contributed by atoms with Crippen molar-refractivity contribution in [1.82, 2.24) is 4.90 Å². The maximum atomic E-state index is 12.6. The molecule has 4 nitrogen and oxygen atoms in total. The summed E-state index contributed by atoms with van der Waals surface area (Å²) < 4.78 is 5.53. The third kappa shape index (κ3) is 3.00. The lowest BCUT2D eigenvalue weighted by Crippen LogP contribution is -2.39. The Bertz CT molecular complexity index is 459. The highest BCUT2D eigenvalue weighted by Gasteiger charge is 2.25. The first kappa shape index (κ1) is 13.7. The summed E-state index contributed by atoms with van der Waals surface area (Å²) in [5, 5.41) is 0. The minimum Gasteiger partial charge on any atom is -0.493 e. The second-order valence-electron chi connectivity index (χ2n) is 5.15. The summed E-state index contributed by atoms with van der Waals surface area (Å²) in [7, 11) is 0. The number of piperidine rings is 1. The molecule has 0 aromatic heterocycles. The van der Waals surface area contributed by atoms with Crippen molar-refractivity contribution in [2.24, 2.45) is 5.92 Å². The smallest absolute Gasteiger partial charge is 0.259 e. The van der Waals surface area contributed by atoms with Gasteiger partial charge in [-0.05, 0) is 37.8 Å². The van der Waals surface area contributed by atoms with E-state index in [-0.39, 0.29) is 5.91 Å². The largest absolute Gasteiger partial charge is 0.493 e. The van der Waals surface area contributed by atoms with Gasteiger partial charge >= 0.3 is 0 Å². The predicted molar refractivity (Wildman–Crippen MR) is 76.3 cm³/mol. The molecule has 1 aromatic rings. The summed E-state index contributed by atoms with van der Waals surface area (Å²) in [6.07, 6.45) is 2.25. The molecule has 0 aliphatic carbocycles. The molecule has 1 amide bonds. The van der Waals surface area contributed by atoms with E-state index < -0.39 is 0 Å². The molecule has 0 bridgehead atoms. The number of likely N-dealkylation sites (tertiary alicyclic amines) is 1. The van der Waals surface area contributed by atoms with E-state index in [4.69, 9.17) is 10.5 Å². The minimum absolute atomic E-state index is 0.00639. The molecule has 2 rings (SSSR count). The number of carbonyl (C=O) groups excluding carboxylic acids is 1. The van der Waals surface area contributed by atoms with Crippen molar-refractivity contribution in [2.75, 3.05) is 25.4 Å². The van der Waals surface area contributed by atoms with Crippen LogP contribution in [-0.4, -0.2) is 30.5 Å². The van der Waals surface area contributed by atoms with E-state index in [1.54, 1.807) is 12.1 Å². The second kappa shape index (κ2) is 5.95. The number of ether oxygens (including phenoxy) is 1. The standard InChI is InChI=1S/C15H22N2O2/c1-3-19-13-8-4-7-12(16)14(13)15(18)17-9-5-6-11(2)10-17/h4,7-8,11H,3,5-6,9-10,16H2,1-2H3. The lowest BCUT2D eigenvalue weighted by atomic mass is 9.99. The van der Waals surface area contributed by atoms with Crippen LogP contribution in [0.3, 0.4) is 0 Å². The molecule has 2 N–H and O–H groups in total. The molecule has 1 aliphatic rings. The third-order valence-electron chi connectivity index (χ3n) is 3.52. The van der Waals surface area contributed by atoms with Crippen molar-refractivity contribution in [1.29, 1.82) is 0 Å². The summed E-state index contributed by atoms with van der Waals surface area (Å²) in [6.45, 7) is 6.22. The van der Waals surface area contributed by atoms with Crippen molar-refractivity contribution < 1.29 is 9.53 Å². The molecular formula is C15H22N2O2. The van der Waals surface area contributed by atoms with Crippen LogP contribution in [0.15, 0.2) is 18.2 Å². The van der Waals surface area contributed by atoms with Gasteiger partial charge in [0.15, 0.2) is 0 Å². The molecule has 1 atom stereocenters. The molecule has 104 valence electrons. The van der Waals surface area contributed by atoms with Crippen LogP contribution < -0.4 is 10.5 Å². The highest BCUT2D eigenvalue weighted by atomic mass is 16.5. The van der Waals surface area contributed by atoms with Crippen LogP contribution in [0.5, 0.6) is 5.75 Å². The number of benzene rings is 1. The number of nitrogens with two attached hydrogens (primary N) is 1. The second-order valence-corrected chi connectivity index (χ2v) is 5.15. The zero-order valence-corrected chi connectivity index (χ0v) is 11.7. The Morgan fingerprint density at radius 2 is 2.32 bits per heavy atom. The Morgan fingerprint density at radius 1 is 1.53 bits per heavy atom. The van der Waals surface area contributed by atoms with Crippen molar-refractivity contribution in [2.45, 2.75) is 26.7 Å². The molecule has 1 saturated heterocycles. The Morgan fingerprint density at radius 3 is 3.00 bits per heavy atom. The molecular weight excluding hydrogens is 240 g/mol. The third-order valence-corrected chi connectivity index (χ3v) is 3.52. The van der Waals surface area contributed by atoms with E-state index in [1.165, 1.54) is 6.42 Å². The highest BCUT2D eigenvalue weighted by molar-refractivity contribution is 6.01.